The first-order valence-corrected chi connectivity index (χ1v) is 12.2. The van der Waals surface area contributed by atoms with E-state index < -0.39 is 0 Å². The molecule has 0 bridgehead atoms. The number of hydrogen-bond acceptors (Lipinski definition) is 5. The van der Waals surface area contributed by atoms with Crippen LogP contribution in [0.4, 0.5) is 17.1 Å². The molecule has 0 spiro atoms. The minimum absolute atomic E-state index is 0.298. The Hall–Kier alpha value is -4.45. The van der Waals surface area contributed by atoms with E-state index in [1.54, 1.807) is 6.20 Å². The third kappa shape index (κ3) is 5.28. The van der Waals surface area contributed by atoms with Crippen LogP contribution in [-0.2, 0) is 11.2 Å². The molecule has 1 aliphatic heterocycles. The molecule has 1 fully saturated rings. The molecule has 0 unspecified atom stereocenters. The average Bonchev–Trinajstić information content (AvgIpc) is 3.46. The van der Waals surface area contributed by atoms with E-state index in [0.29, 0.717) is 22.5 Å². The Balaban J connectivity index is 1.30. The largest absolute Gasteiger partial charge is 0.398 e. The van der Waals surface area contributed by atoms with Gasteiger partial charge in [-0.2, -0.15) is 0 Å². The van der Waals surface area contributed by atoms with Gasteiger partial charge in [-0.1, -0.05) is 43.0 Å². The zero-order valence-electron chi connectivity index (χ0n) is 20.2. The van der Waals surface area contributed by atoms with E-state index in [4.69, 9.17) is 5.73 Å². The second kappa shape index (κ2) is 10.4. The first kappa shape index (κ1) is 23.3. The first-order valence-electron chi connectivity index (χ1n) is 12.2. The Morgan fingerprint density at radius 1 is 0.944 bits per heavy atom. The van der Waals surface area contributed by atoms with E-state index in [0.717, 1.165) is 42.0 Å². The van der Waals surface area contributed by atoms with E-state index in [1.807, 2.05) is 60.9 Å². The SMILES string of the molecule is C=C(C(=O)Nc1ccc(Cc2ccccc2)nc1)c1cc(-c2cncc(N3CCCC3)c2)ccc1N. The summed E-state index contributed by atoms with van der Waals surface area (Å²) in [6.45, 7) is 6.14. The van der Waals surface area contributed by atoms with Gasteiger partial charge in [0.1, 0.15) is 0 Å². The van der Waals surface area contributed by atoms with Crippen LogP contribution < -0.4 is 16.0 Å². The summed E-state index contributed by atoms with van der Waals surface area (Å²) in [6, 6.07) is 21.7. The second-order valence-corrected chi connectivity index (χ2v) is 9.06. The van der Waals surface area contributed by atoms with E-state index in [2.05, 4.69) is 45.0 Å². The zero-order chi connectivity index (χ0) is 24.9. The van der Waals surface area contributed by atoms with Gasteiger partial charge >= 0.3 is 0 Å². The highest BCUT2D eigenvalue weighted by molar-refractivity contribution is 6.25. The van der Waals surface area contributed by atoms with Gasteiger partial charge in [0.05, 0.1) is 23.8 Å². The molecule has 6 heteroatoms. The summed E-state index contributed by atoms with van der Waals surface area (Å²) in [5, 5.41) is 2.89. The highest BCUT2D eigenvalue weighted by Crippen LogP contribution is 2.30. The minimum Gasteiger partial charge on any atom is -0.398 e. The van der Waals surface area contributed by atoms with Crippen LogP contribution in [0.3, 0.4) is 0 Å². The van der Waals surface area contributed by atoms with Crippen LogP contribution in [0.15, 0.2) is 91.9 Å². The number of pyridine rings is 2. The average molecular weight is 476 g/mol. The van der Waals surface area contributed by atoms with Crippen LogP contribution in [0.1, 0.15) is 29.7 Å². The van der Waals surface area contributed by atoms with Crippen molar-refractivity contribution in [3.05, 3.63) is 109 Å². The van der Waals surface area contributed by atoms with Gasteiger partial charge in [0, 0.05) is 53.8 Å². The molecule has 180 valence electrons. The fourth-order valence-corrected chi connectivity index (χ4v) is 4.47. The predicted molar refractivity (Wildman–Crippen MR) is 147 cm³/mol. The molecule has 3 N–H and O–H groups in total. The Morgan fingerprint density at radius 2 is 1.75 bits per heavy atom. The quantitative estimate of drug-likeness (QED) is 0.270. The number of carbonyl (C=O) groups is 1. The molecule has 1 aliphatic rings. The van der Waals surface area contributed by atoms with Crippen molar-refractivity contribution in [1.29, 1.82) is 0 Å². The van der Waals surface area contributed by atoms with E-state index in [9.17, 15) is 4.79 Å². The number of benzene rings is 2. The highest BCUT2D eigenvalue weighted by Gasteiger charge is 2.16. The van der Waals surface area contributed by atoms with Crippen molar-refractivity contribution in [2.75, 3.05) is 29.0 Å². The Kier molecular flexibility index (Phi) is 6.76. The maximum atomic E-state index is 13.0. The molecule has 2 aromatic carbocycles. The number of nitrogens with one attached hydrogen (secondary N) is 1. The number of nitrogens with two attached hydrogens (primary N) is 1. The van der Waals surface area contributed by atoms with Gasteiger partial charge in [-0.05, 0) is 54.3 Å². The topological polar surface area (TPSA) is 84.1 Å². The van der Waals surface area contributed by atoms with Gasteiger partial charge in [0.2, 0.25) is 0 Å². The van der Waals surface area contributed by atoms with Gasteiger partial charge in [-0.25, -0.2) is 0 Å². The molecule has 0 aliphatic carbocycles. The summed E-state index contributed by atoms with van der Waals surface area (Å²) in [7, 11) is 0. The van der Waals surface area contributed by atoms with Crippen LogP contribution in [-0.4, -0.2) is 29.0 Å². The fourth-order valence-electron chi connectivity index (χ4n) is 4.47. The number of amides is 1. The lowest BCUT2D eigenvalue weighted by atomic mass is 9.98. The Morgan fingerprint density at radius 3 is 2.50 bits per heavy atom. The zero-order valence-corrected chi connectivity index (χ0v) is 20.2. The molecule has 4 aromatic rings. The van der Waals surface area contributed by atoms with Crippen molar-refractivity contribution < 1.29 is 4.79 Å². The van der Waals surface area contributed by atoms with Crippen molar-refractivity contribution >= 4 is 28.5 Å². The number of rotatable bonds is 7. The number of aromatic nitrogens is 2. The van der Waals surface area contributed by atoms with Gasteiger partial charge in [-0.15, -0.1) is 0 Å². The summed E-state index contributed by atoms with van der Waals surface area (Å²) in [4.78, 5) is 24.3. The maximum Gasteiger partial charge on any atom is 0.255 e. The molecule has 0 saturated carbocycles. The van der Waals surface area contributed by atoms with Crippen LogP contribution in [0.5, 0.6) is 0 Å². The number of nitrogens with zero attached hydrogens (tertiary/aromatic N) is 3. The van der Waals surface area contributed by atoms with Crippen molar-refractivity contribution in [3.8, 4) is 11.1 Å². The lowest BCUT2D eigenvalue weighted by Crippen LogP contribution is -2.17. The van der Waals surface area contributed by atoms with Gasteiger partial charge in [-0.3, -0.25) is 14.8 Å². The molecule has 5 rings (SSSR count). The highest BCUT2D eigenvalue weighted by atomic mass is 16.1. The van der Waals surface area contributed by atoms with Crippen molar-refractivity contribution in [2.45, 2.75) is 19.3 Å². The number of carbonyl (C=O) groups excluding carboxylic acids is 1. The fraction of sp³-hybridized carbons (Fsp3) is 0.167. The standard InChI is InChI=1S/C30H29N5O/c1-21(30(36)34-26-11-10-25(33-19-26)15-22-7-3-2-4-8-22)28-17-23(9-12-29(28)31)24-16-27(20-32-18-24)35-13-5-6-14-35/h2-4,7-12,16-20H,1,5-6,13-15,31H2,(H,34,36). The minimum atomic E-state index is -0.319. The lowest BCUT2D eigenvalue weighted by Gasteiger charge is -2.18. The lowest BCUT2D eigenvalue weighted by molar-refractivity contribution is -0.111. The molecule has 2 aromatic heterocycles. The van der Waals surface area contributed by atoms with Crippen LogP contribution >= 0.6 is 0 Å². The maximum absolute atomic E-state index is 13.0. The summed E-state index contributed by atoms with van der Waals surface area (Å²) in [5.41, 5.74) is 13.4. The van der Waals surface area contributed by atoms with Crippen LogP contribution in [0.2, 0.25) is 0 Å². The second-order valence-electron chi connectivity index (χ2n) is 9.06. The monoisotopic (exact) mass is 475 g/mol. The summed E-state index contributed by atoms with van der Waals surface area (Å²) in [5.74, 6) is -0.319. The molecule has 1 saturated heterocycles. The van der Waals surface area contributed by atoms with Gasteiger partial charge in [0.25, 0.3) is 5.91 Å². The van der Waals surface area contributed by atoms with Crippen molar-refractivity contribution in [2.24, 2.45) is 0 Å². The van der Waals surface area contributed by atoms with Gasteiger partial charge < -0.3 is 16.0 Å². The molecule has 6 nitrogen and oxygen atoms in total. The molecule has 36 heavy (non-hydrogen) atoms. The smallest absolute Gasteiger partial charge is 0.255 e. The Labute approximate surface area is 211 Å². The summed E-state index contributed by atoms with van der Waals surface area (Å²) in [6.07, 6.45) is 8.55. The molecule has 3 heterocycles. The van der Waals surface area contributed by atoms with Crippen LogP contribution in [0.25, 0.3) is 16.7 Å². The molecule has 0 radical (unpaired) electrons. The van der Waals surface area contributed by atoms with E-state index in [-0.39, 0.29) is 5.91 Å². The summed E-state index contributed by atoms with van der Waals surface area (Å²) < 4.78 is 0. The molecular formula is C30H29N5O. The van der Waals surface area contributed by atoms with Gasteiger partial charge in [0.15, 0.2) is 0 Å². The molecule has 0 atom stereocenters. The molecular weight excluding hydrogens is 446 g/mol. The number of hydrogen-bond donors (Lipinski definition) is 2. The third-order valence-corrected chi connectivity index (χ3v) is 6.49. The van der Waals surface area contributed by atoms with E-state index >= 15 is 0 Å². The van der Waals surface area contributed by atoms with Crippen molar-refractivity contribution in [3.63, 3.8) is 0 Å². The third-order valence-electron chi connectivity index (χ3n) is 6.49. The van der Waals surface area contributed by atoms with E-state index in [1.165, 1.54) is 18.4 Å². The first-order chi connectivity index (χ1) is 17.6. The van der Waals surface area contributed by atoms with Crippen LogP contribution in [0, 0.1) is 0 Å². The number of anilines is 3. The number of nitrogen functional groups attached to an aromatic ring is 1. The predicted octanol–water partition coefficient (Wildman–Crippen LogP) is 5.57. The summed E-state index contributed by atoms with van der Waals surface area (Å²) >= 11 is 0. The Bertz CT molecular complexity index is 1380. The van der Waals surface area contributed by atoms with Crippen molar-refractivity contribution in [1.82, 2.24) is 9.97 Å². The normalized spacial score (nSPS) is 12.9. The molecule has 1 amide bonds.